The molecule has 1 aliphatic rings. The Bertz CT molecular complexity index is 974. The first-order valence-corrected chi connectivity index (χ1v) is 9.53. The number of sulfonamides is 1. The largest absolute Gasteiger partial charge is 0.443 e. The van der Waals surface area contributed by atoms with Crippen molar-refractivity contribution in [3.63, 3.8) is 0 Å². The minimum Gasteiger partial charge on any atom is -0.443 e. The van der Waals surface area contributed by atoms with Crippen LogP contribution < -0.4 is 9.62 Å². The van der Waals surface area contributed by atoms with Crippen molar-refractivity contribution in [3.05, 3.63) is 64.2 Å². The van der Waals surface area contributed by atoms with Gasteiger partial charge in [0.2, 0.25) is 10.0 Å². The Balaban J connectivity index is 1.66. The van der Waals surface area contributed by atoms with Crippen LogP contribution in [0.5, 0.6) is 0 Å². The number of rotatable bonds is 6. The fraction of sp³-hybridized carbons (Fsp3) is 0.235. The van der Waals surface area contributed by atoms with Crippen molar-refractivity contribution in [3.8, 4) is 0 Å². The van der Waals surface area contributed by atoms with E-state index in [2.05, 4.69) is 4.72 Å². The van der Waals surface area contributed by atoms with Gasteiger partial charge < -0.3 is 4.74 Å². The summed E-state index contributed by atoms with van der Waals surface area (Å²) in [6, 6.07) is 12.0. The number of hydrogen-bond acceptors (Lipinski definition) is 6. The van der Waals surface area contributed by atoms with Crippen LogP contribution >= 0.6 is 0 Å². The van der Waals surface area contributed by atoms with Crippen molar-refractivity contribution in [2.24, 2.45) is 0 Å². The summed E-state index contributed by atoms with van der Waals surface area (Å²) < 4.78 is 32.2. The zero-order valence-electron chi connectivity index (χ0n) is 14.4. The first-order valence-electron chi connectivity index (χ1n) is 8.05. The second kappa shape index (κ2) is 7.33. The second-order valence-electron chi connectivity index (χ2n) is 6.06. The molecule has 0 aromatic heterocycles. The summed E-state index contributed by atoms with van der Waals surface area (Å²) in [4.78, 5) is 23.4. The number of nitro benzene ring substituents is 1. The monoisotopic (exact) mass is 391 g/mol. The number of nitrogens with one attached hydrogen (secondary N) is 1. The SMILES string of the molecule is Cc1ccc(N2CC(CNS(=O)(=O)c3cccc([N+](=O)[O-])c3)OC2=O)cc1. The molecule has 142 valence electrons. The normalized spacial score (nSPS) is 17.0. The van der Waals surface area contributed by atoms with Crippen molar-refractivity contribution >= 4 is 27.5 Å². The number of ether oxygens (including phenoxy) is 1. The van der Waals surface area contributed by atoms with Crippen LogP contribution in [-0.2, 0) is 14.8 Å². The third-order valence-electron chi connectivity index (χ3n) is 4.06. The van der Waals surface area contributed by atoms with Gasteiger partial charge in [-0.1, -0.05) is 23.8 Å². The lowest BCUT2D eigenvalue weighted by Crippen LogP contribution is -2.34. The topological polar surface area (TPSA) is 119 Å². The maximum Gasteiger partial charge on any atom is 0.414 e. The van der Waals surface area contributed by atoms with Gasteiger partial charge in [0.15, 0.2) is 0 Å². The summed E-state index contributed by atoms with van der Waals surface area (Å²) in [7, 11) is -3.97. The van der Waals surface area contributed by atoms with Gasteiger partial charge in [-0.25, -0.2) is 17.9 Å². The minimum absolute atomic E-state index is 0.140. The summed E-state index contributed by atoms with van der Waals surface area (Å²) >= 11 is 0. The molecule has 1 unspecified atom stereocenters. The third kappa shape index (κ3) is 4.23. The Morgan fingerprint density at radius 1 is 1.26 bits per heavy atom. The molecule has 1 heterocycles. The number of carbonyl (C=O) groups excluding carboxylic acids is 1. The predicted molar refractivity (Wildman–Crippen MR) is 97.1 cm³/mol. The Morgan fingerprint density at radius 3 is 2.63 bits per heavy atom. The van der Waals surface area contributed by atoms with Crippen LogP contribution in [0.1, 0.15) is 5.56 Å². The van der Waals surface area contributed by atoms with E-state index in [1.165, 1.54) is 23.1 Å². The van der Waals surface area contributed by atoms with Crippen LogP contribution in [0.3, 0.4) is 0 Å². The molecule has 1 aliphatic heterocycles. The van der Waals surface area contributed by atoms with Gasteiger partial charge in [0.05, 0.1) is 16.4 Å². The lowest BCUT2D eigenvalue weighted by Gasteiger charge is -2.13. The van der Waals surface area contributed by atoms with Crippen LogP contribution in [0.15, 0.2) is 53.4 Å². The van der Waals surface area contributed by atoms with Gasteiger partial charge >= 0.3 is 6.09 Å². The molecule has 0 aliphatic carbocycles. The third-order valence-corrected chi connectivity index (χ3v) is 5.48. The predicted octanol–water partition coefficient (Wildman–Crippen LogP) is 2.21. The summed E-state index contributed by atoms with van der Waals surface area (Å²) in [6.45, 7) is 1.98. The van der Waals surface area contributed by atoms with E-state index in [-0.39, 0.29) is 23.7 Å². The fourth-order valence-electron chi connectivity index (χ4n) is 2.61. The number of hydrogen-bond donors (Lipinski definition) is 1. The highest BCUT2D eigenvalue weighted by atomic mass is 32.2. The number of amides is 1. The number of carbonyl (C=O) groups is 1. The first kappa shape index (κ1) is 18.8. The molecule has 2 aromatic rings. The van der Waals surface area contributed by atoms with Gasteiger partial charge in [0.1, 0.15) is 6.10 Å². The highest BCUT2D eigenvalue weighted by Crippen LogP contribution is 2.22. The molecule has 3 rings (SSSR count). The highest BCUT2D eigenvalue weighted by Gasteiger charge is 2.33. The zero-order valence-corrected chi connectivity index (χ0v) is 15.2. The van der Waals surface area contributed by atoms with E-state index in [0.29, 0.717) is 5.69 Å². The lowest BCUT2D eigenvalue weighted by atomic mass is 10.2. The van der Waals surface area contributed by atoms with Crippen molar-refractivity contribution in [1.82, 2.24) is 4.72 Å². The molecule has 10 heteroatoms. The van der Waals surface area contributed by atoms with Crippen molar-refractivity contribution in [1.29, 1.82) is 0 Å². The number of benzene rings is 2. The zero-order chi connectivity index (χ0) is 19.6. The molecule has 0 spiro atoms. The van der Waals surface area contributed by atoms with Gasteiger partial charge in [-0.15, -0.1) is 0 Å². The Kier molecular flexibility index (Phi) is 5.10. The summed E-state index contributed by atoms with van der Waals surface area (Å²) in [5, 5.41) is 10.8. The molecule has 0 radical (unpaired) electrons. The van der Waals surface area contributed by atoms with E-state index >= 15 is 0 Å². The molecular formula is C17H17N3O6S. The average Bonchev–Trinajstić information content (AvgIpc) is 3.02. The van der Waals surface area contributed by atoms with E-state index in [0.717, 1.165) is 11.6 Å². The molecule has 1 fully saturated rings. The van der Waals surface area contributed by atoms with Crippen LogP contribution in [-0.4, -0.2) is 38.6 Å². The number of cyclic esters (lactones) is 1. The molecule has 1 N–H and O–H groups in total. The van der Waals surface area contributed by atoms with Crippen LogP contribution in [0.25, 0.3) is 0 Å². The van der Waals surface area contributed by atoms with Gasteiger partial charge in [0.25, 0.3) is 5.69 Å². The molecule has 1 saturated heterocycles. The van der Waals surface area contributed by atoms with E-state index in [1.807, 2.05) is 19.1 Å². The fourth-order valence-corrected chi connectivity index (χ4v) is 3.72. The number of non-ortho nitro benzene ring substituents is 1. The first-order chi connectivity index (χ1) is 12.8. The Morgan fingerprint density at radius 2 is 1.96 bits per heavy atom. The summed E-state index contributed by atoms with van der Waals surface area (Å²) in [5.74, 6) is 0. The maximum absolute atomic E-state index is 12.3. The van der Waals surface area contributed by atoms with Crippen LogP contribution in [0, 0.1) is 17.0 Å². The molecule has 1 atom stereocenters. The van der Waals surface area contributed by atoms with Gasteiger partial charge in [-0.05, 0) is 25.1 Å². The van der Waals surface area contributed by atoms with Crippen molar-refractivity contribution in [2.75, 3.05) is 18.0 Å². The molecule has 9 nitrogen and oxygen atoms in total. The number of aryl methyl sites for hydroxylation is 1. The number of nitrogens with zero attached hydrogens (tertiary/aromatic N) is 2. The minimum atomic E-state index is -3.97. The summed E-state index contributed by atoms with van der Waals surface area (Å²) in [6.07, 6.45) is -1.23. The molecule has 2 aromatic carbocycles. The molecule has 27 heavy (non-hydrogen) atoms. The van der Waals surface area contributed by atoms with Gasteiger partial charge in [0, 0.05) is 24.4 Å². The average molecular weight is 391 g/mol. The van der Waals surface area contributed by atoms with Crippen molar-refractivity contribution < 1.29 is 22.9 Å². The molecule has 0 bridgehead atoms. The molecule has 0 saturated carbocycles. The maximum atomic E-state index is 12.3. The quantitative estimate of drug-likeness (QED) is 0.596. The Hall–Kier alpha value is -2.98. The number of anilines is 1. The smallest absolute Gasteiger partial charge is 0.414 e. The summed E-state index contributed by atoms with van der Waals surface area (Å²) in [5.41, 5.74) is 1.39. The molecular weight excluding hydrogens is 374 g/mol. The Labute approximate surface area is 155 Å². The van der Waals surface area contributed by atoms with Crippen LogP contribution in [0.2, 0.25) is 0 Å². The van der Waals surface area contributed by atoms with E-state index in [4.69, 9.17) is 4.74 Å². The van der Waals surface area contributed by atoms with Crippen molar-refractivity contribution in [2.45, 2.75) is 17.9 Å². The highest BCUT2D eigenvalue weighted by molar-refractivity contribution is 7.89. The lowest BCUT2D eigenvalue weighted by molar-refractivity contribution is -0.385. The van der Waals surface area contributed by atoms with E-state index < -0.39 is 27.1 Å². The standard InChI is InChI=1S/C17H17N3O6S/c1-12-5-7-13(8-6-12)19-11-15(26-17(19)21)10-18-27(24,25)16-4-2-3-14(9-16)20(22)23/h2-9,15,18H,10-11H2,1H3. The van der Waals surface area contributed by atoms with E-state index in [1.54, 1.807) is 12.1 Å². The number of nitro groups is 1. The molecule has 1 amide bonds. The van der Waals surface area contributed by atoms with Gasteiger partial charge in [-0.3, -0.25) is 15.0 Å². The van der Waals surface area contributed by atoms with Gasteiger partial charge in [-0.2, -0.15) is 0 Å². The van der Waals surface area contributed by atoms with E-state index in [9.17, 15) is 23.3 Å². The second-order valence-corrected chi connectivity index (χ2v) is 7.83. The van der Waals surface area contributed by atoms with Crippen LogP contribution in [0.4, 0.5) is 16.2 Å².